The number of carbonyl (C=O) groups excluding carboxylic acids is 1. The number of aromatic nitrogens is 2. The molecule has 3 N–H and O–H groups in total. The number of hydrogen-bond acceptors (Lipinski definition) is 5. The Bertz CT molecular complexity index is 989. The number of carbonyl (C=O) groups is 1. The molecule has 154 valence electrons. The second kappa shape index (κ2) is 9.75. The van der Waals surface area contributed by atoms with Crippen LogP contribution in [-0.4, -0.2) is 26.7 Å². The quantitative estimate of drug-likeness (QED) is 0.451. The molecular weight excluding hydrogens is 478 g/mol. The zero-order valence-corrected chi connectivity index (χ0v) is 18.9. The minimum absolute atomic E-state index is 0.174. The van der Waals surface area contributed by atoms with Crippen LogP contribution in [0.1, 0.15) is 40.3 Å². The summed E-state index contributed by atoms with van der Waals surface area (Å²) in [6.07, 6.45) is 3.72. The number of ether oxygens (including phenoxy) is 1. The fraction of sp³-hybridized carbons (Fsp3) is 0.300. The standard InChI is InChI=1S/C20H21BrClN3O3S/c1-12(26)17(25-9-16(20(23)27)24-11-25)6-3-13-2-4-14(22)8-18(13)28-10-15-5-7-19(21)29-15/h2,4-5,7-9,11-12,17,26H,3,6,10H2,1H3,(H2,23,27). The van der Waals surface area contributed by atoms with Crippen molar-refractivity contribution in [3.8, 4) is 5.75 Å². The third kappa shape index (κ3) is 5.82. The second-order valence-electron chi connectivity index (χ2n) is 6.66. The van der Waals surface area contributed by atoms with Crippen LogP contribution in [0.15, 0.2) is 46.6 Å². The van der Waals surface area contributed by atoms with Gasteiger partial charge in [0.2, 0.25) is 0 Å². The fourth-order valence-corrected chi connectivity index (χ4v) is 4.59. The molecule has 0 saturated heterocycles. The van der Waals surface area contributed by atoms with Gasteiger partial charge >= 0.3 is 0 Å². The van der Waals surface area contributed by atoms with Gasteiger partial charge in [0.05, 0.1) is 22.3 Å². The Balaban J connectivity index is 1.72. The summed E-state index contributed by atoms with van der Waals surface area (Å²) < 4.78 is 8.79. The molecule has 0 aliphatic heterocycles. The van der Waals surface area contributed by atoms with Gasteiger partial charge in [-0.05, 0) is 65.5 Å². The van der Waals surface area contributed by atoms with E-state index in [2.05, 4.69) is 20.9 Å². The van der Waals surface area contributed by atoms with Crippen molar-refractivity contribution in [3.05, 3.63) is 67.8 Å². The van der Waals surface area contributed by atoms with E-state index in [4.69, 9.17) is 22.1 Å². The van der Waals surface area contributed by atoms with Crippen LogP contribution in [0.5, 0.6) is 5.75 Å². The number of nitrogens with zero attached hydrogens (tertiary/aromatic N) is 2. The molecule has 3 aromatic rings. The summed E-state index contributed by atoms with van der Waals surface area (Å²) in [5.41, 5.74) is 6.44. The molecule has 2 atom stereocenters. The Morgan fingerprint density at radius 1 is 1.41 bits per heavy atom. The largest absolute Gasteiger partial charge is 0.488 e. The molecule has 0 spiro atoms. The predicted molar refractivity (Wildman–Crippen MR) is 118 cm³/mol. The van der Waals surface area contributed by atoms with Crippen molar-refractivity contribution in [2.75, 3.05) is 0 Å². The van der Waals surface area contributed by atoms with E-state index in [0.717, 1.165) is 20.0 Å². The highest BCUT2D eigenvalue weighted by Crippen LogP contribution is 2.30. The summed E-state index contributed by atoms with van der Waals surface area (Å²) in [6.45, 7) is 2.16. The Morgan fingerprint density at radius 2 is 2.21 bits per heavy atom. The molecule has 0 bridgehead atoms. The molecule has 3 rings (SSSR count). The molecule has 1 aromatic carbocycles. The van der Waals surface area contributed by atoms with Crippen molar-refractivity contribution in [1.29, 1.82) is 0 Å². The van der Waals surface area contributed by atoms with Gasteiger partial charge < -0.3 is 20.1 Å². The lowest BCUT2D eigenvalue weighted by Gasteiger charge is -2.22. The molecule has 0 aliphatic rings. The summed E-state index contributed by atoms with van der Waals surface area (Å²) in [5, 5.41) is 10.8. The topological polar surface area (TPSA) is 90.4 Å². The molecule has 2 aromatic heterocycles. The minimum Gasteiger partial charge on any atom is -0.488 e. The first-order valence-corrected chi connectivity index (χ1v) is 11.0. The maximum Gasteiger partial charge on any atom is 0.268 e. The molecule has 0 aliphatic carbocycles. The molecule has 1 amide bonds. The zero-order chi connectivity index (χ0) is 21.0. The third-order valence-electron chi connectivity index (χ3n) is 4.53. The van der Waals surface area contributed by atoms with Crippen LogP contribution in [-0.2, 0) is 13.0 Å². The van der Waals surface area contributed by atoms with E-state index in [9.17, 15) is 9.90 Å². The molecule has 0 fully saturated rings. The maximum atomic E-state index is 11.3. The van der Waals surface area contributed by atoms with E-state index >= 15 is 0 Å². The van der Waals surface area contributed by atoms with Crippen LogP contribution in [0.2, 0.25) is 5.02 Å². The van der Waals surface area contributed by atoms with Crippen molar-refractivity contribution in [3.63, 3.8) is 0 Å². The van der Waals surface area contributed by atoms with Gasteiger partial charge in [0.25, 0.3) is 5.91 Å². The first-order valence-electron chi connectivity index (χ1n) is 9.00. The number of thiophene rings is 1. The minimum atomic E-state index is -0.634. The van der Waals surface area contributed by atoms with Gasteiger partial charge in [0, 0.05) is 16.1 Å². The van der Waals surface area contributed by atoms with Crippen LogP contribution >= 0.6 is 38.9 Å². The summed E-state index contributed by atoms with van der Waals surface area (Å²) in [5.74, 6) is 0.122. The number of amides is 1. The van der Waals surface area contributed by atoms with Crippen LogP contribution in [0, 0.1) is 0 Å². The molecule has 29 heavy (non-hydrogen) atoms. The van der Waals surface area contributed by atoms with E-state index in [1.807, 2.05) is 24.3 Å². The summed E-state index contributed by atoms with van der Waals surface area (Å²) in [6, 6.07) is 9.31. The van der Waals surface area contributed by atoms with Crippen LogP contribution in [0.25, 0.3) is 0 Å². The smallest absolute Gasteiger partial charge is 0.268 e. The van der Waals surface area contributed by atoms with Crippen LogP contribution in [0.4, 0.5) is 0 Å². The number of nitrogens with two attached hydrogens (primary N) is 1. The Morgan fingerprint density at radius 3 is 2.83 bits per heavy atom. The number of primary amides is 1. The lowest BCUT2D eigenvalue weighted by molar-refractivity contribution is 0.0994. The molecule has 2 unspecified atom stereocenters. The van der Waals surface area contributed by atoms with Gasteiger partial charge in [-0.3, -0.25) is 4.79 Å². The van der Waals surface area contributed by atoms with E-state index < -0.39 is 12.0 Å². The SMILES string of the molecule is CC(O)C(CCc1ccc(Cl)cc1OCc1ccc(Br)s1)n1cnc(C(N)=O)c1. The number of hydrogen-bond donors (Lipinski definition) is 2. The number of aliphatic hydroxyl groups excluding tert-OH is 1. The predicted octanol–water partition coefficient (Wildman–Crippen LogP) is 4.59. The van der Waals surface area contributed by atoms with Gasteiger partial charge in [-0.15, -0.1) is 11.3 Å². The lowest BCUT2D eigenvalue weighted by Crippen LogP contribution is -2.21. The molecule has 6 nitrogen and oxygen atoms in total. The second-order valence-corrected chi connectivity index (χ2v) is 9.65. The number of benzene rings is 1. The number of aryl methyl sites for hydroxylation is 1. The van der Waals surface area contributed by atoms with Gasteiger partial charge in [0.15, 0.2) is 0 Å². The Kier molecular flexibility index (Phi) is 7.34. The highest BCUT2D eigenvalue weighted by atomic mass is 79.9. The number of imidazole rings is 1. The summed E-state index contributed by atoms with van der Waals surface area (Å²) in [4.78, 5) is 16.4. The van der Waals surface area contributed by atoms with Gasteiger partial charge in [-0.1, -0.05) is 17.7 Å². The highest BCUT2D eigenvalue weighted by Gasteiger charge is 2.19. The van der Waals surface area contributed by atoms with Crippen molar-refractivity contribution in [2.45, 2.75) is 38.5 Å². The zero-order valence-electron chi connectivity index (χ0n) is 15.7. The first kappa shape index (κ1) is 21.8. The van der Waals surface area contributed by atoms with E-state index in [1.54, 1.807) is 35.1 Å². The number of halogens is 2. The Hall–Kier alpha value is -1.87. The maximum absolute atomic E-state index is 11.3. The summed E-state index contributed by atoms with van der Waals surface area (Å²) >= 11 is 11.2. The Labute approximate surface area is 186 Å². The van der Waals surface area contributed by atoms with Gasteiger partial charge in [-0.25, -0.2) is 4.98 Å². The van der Waals surface area contributed by atoms with Crippen molar-refractivity contribution < 1.29 is 14.6 Å². The van der Waals surface area contributed by atoms with Crippen molar-refractivity contribution in [1.82, 2.24) is 9.55 Å². The van der Waals surface area contributed by atoms with Gasteiger partial charge in [-0.2, -0.15) is 0 Å². The number of rotatable bonds is 9. The third-order valence-corrected chi connectivity index (χ3v) is 6.36. The first-order chi connectivity index (χ1) is 13.8. The highest BCUT2D eigenvalue weighted by molar-refractivity contribution is 9.11. The monoisotopic (exact) mass is 497 g/mol. The molecule has 0 saturated carbocycles. The molecular formula is C20H21BrClN3O3S. The van der Waals surface area contributed by atoms with Crippen LogP contribution in [0.3, 0.4) is 0 Å². The average molecular weight is 499 g/mol. The van der Waals surface area contributed by atoms with Crippen LogP contribution < -0.4 is 10.5 Å². The normalized spacial score (nSPS) is 13.2. The fourth-order valence-electron chi connectivity index (χ4n) is 3.04. The lowest BCUT2D eigenvalue weighted by atomic mass is 10.0. The molecule has 2 heterocycles. The molecule has 9 heteroatoms. The van der Waals surface area contributed by atoms with Gasteiger partial charge in [0.1, 0.15) is 18.1 Å². The average Bonchev–Trinajstić information content (AvgIpc) is 3.30. The number of aliphatic hydroxyl groups is 1. The van der Waals surface area contributed by atoms with Crippen molar-refractivity contribution >= 4 is 44.8 Å². The molecule has 0 radical (unpaired) electrons. The van der Waals surface area contributed by atoms with Crippen molar-refractivity contribution in [2.24, 2.45) is 5.73 Å². The summed E-state index contributed by atoms with van der Waals surface area (Å²) in [7, 11) is 0. The van der Waals surface area contributed by atoms with E-state index in [0.29, 0.717) is 24.5 Å². The van der Waals surface area contributed by atoms with E-state index in [-0.39, 0.29) is 11.7 Å². The van der Waals surface area contributed by atoms with E-state index in [1.165, 1.54) is 6.33 Å².